The van der Waals surface area contributed by atoms with E-state index in [0.717, 1.165) is 5.92 Å². The minimum Gasteiger partial charge on any atom is -0.306 e. The molecule has 0 amide bonds. The molecule has 2 heterocycles. The quantitative estimate of drug-likeness (QED) is 0.748. The first kappa shape index (κ1) is 9.69. The molecular formula is C10H14BrNS. The summed E-state index contributed by atoms with van der Waals surface area (Å²) in [6, 6.07) is 2.27. The number of hydrogen-bond acceptors (Lipinski definition) is 2. The van der Waals surface area contributed by atoms with Crippen molar-refractivity contribution in [3.05, 3.63) is 20.8 Å². The first-order valence-corrected chi connectivity index (χ1v) is 6.36. The van der Waals surface area contributed by atoms with Crippen molar-refractivity contribution in [1.29, 1.82) is 0 Å². The maximum Gasteiger partial charge on any atom is 0.0733 e. The van der Waals surface area contributed by atoms with Gasteiger partial charge >= 0.3 is 0 Å². The highest BCUT2D eigenvalue weighted by atomic mass is 79.9. The zero-order valence-corrected chi connectivity index (χ0v) is 10.2. The Morgan fingerprint density at radius 3 is 2.69 bits per heavy atom. The van der Waals surface area contributed by atoms with E-state index >= 15 is 0 Å². The molecule has 1 saturated heterocycles. The molecule has 1 aromatic rings. The molecule has 1 nitrogen and oxygen atoms in total. The third-order valence-electron chi connectivity index (χ3n) is 2.80. The van der Waals surface area contributed by atoms with Crippen molar-refractivity contribution in [3.63, 3.8) is 0 Å². The van der Waals surface area contributed by atoms with Gasteiger partial charge in [-0.3, -0.25) is 0 Å². The topological polar surface area (TPSA) is 3.24 Å². The van der Waals surface area contributed by atoms with Gasteiger partial charge in [0.25, 0.3) is 0 Å². The van der Waals surface area contributed by atoms with Crippen molar-refractivity contribution in [2.75, 3.05) is 20.1 Å². The van der Waals surface area contributed by atoms with Crippen LogP contribution in [0.2, 0.25) is 0 Å². The lowest BCUT2D eigenvalue weighted by atomic mass is 9.92. The van der Waals surface area contributed by atoms with Gasteiger partial charge < -0.3 is 4.90 Å². The zero-order chi connectivity index (χ0) is 9.26. The molecule has 1 fully saturated rings. The van der Waals surface area contributed by atoms with Crippen molar-refractivity contribution in [2.24, 2.45) is 0 Å². The summed E-state index contributed by atoms with van der Waals surface area (Å²) >= 11 is 5.42. The van der Waals surface area contributed by atoms with Gasteiger partial charge in [-0.2, -0.15) is 0 Å². The molecule has 0 bridgehead atoms. The number of hydrogen-bond donors (Lipinski definition) is 0. The smallest absolute Gasteiger partial charge is 0.0733 e. The van der Waals surface area contributed by atoms with Crippen LogP contribution in [-0.2, 0) is 0 Å². The molecule has 0 aliphatic carbocycles. The van der Waals surface area contributed by atoms with Crippen LogP contribution < -0.4 is 0 Å². The minimum atomic E-state index is 0.789. The number of thiophene rings is 1. The first-order chi connectivity index (χ1) is 6.27. The van der Waals surface area contributed by atoms with Gasteiger partial charge in [0.1, 0.15) is 0 Å². The van der Waals surface area contributed by atoms with Crippen LogP contribution in [0, 0.1) is 0 Å². The lowest BCUT2D eigenvalue weighted by molar-refractivity contribution is 0.255. The van der Waals surface area contributed by atoms with Gasteiger partial charge in [0.05, 0.1) is 3.79 Å². The van der Waals surface area contributed by atoms with E-state index in [1.165, 1.54) is 35.3 Å². The molecule has 0 spiro atoms. The number of rotatable bonds is 1. The monoisotopic (exact) mass is 259 g/mol. The molecular weight excluding hydrogens is 246 g/mol. The Morgan fingerprint density at radius 1 is 1.46 bits per heavy atom. The van der Waals surface area contributed by atoms with E-state index in [1.54, 1.807) is 11.3 Å². The molecule has 2 rings (SSSR count). The molecule has 0 saturated carbocycles. The Morgan fingerprint density at radius 2 is 2.15 bits per heavy atom. The summed E-state index contributed by atoms with van der Waals surface area (Å²) in [6.07, 6.45) is 2.62. The Bertz CT molecular complexity index is 276. The van der Waals surface area contributed by atoms with Crippen molar-refractivity contribution in [1.82, 2.24) is 4.90 Å². The van der Waals surface area contributed by atoms with E-state index in [4.69, 9.17) is 0 Å². The highest BCUT2D eigenvalue weighted by molar-refractivity contribution is 9.11. The highest BCUT2D eigenvalue weighted by Crippen LogP contribution is 2.35. The summed E-state index contributed by atoms with van der Waals surface area (Å²) in [4.78, 5) is 2.41. The number of likely N-dealkylation sites (tertiary alicyclic amines) is 1. The maximum absolute atomic E-state index is 3.62. The van der Waals surface area contributed by atoms with Crippen LogP contribution in [-0.4, -0.2) is 25.0 Å². The second-order valence-corrected chi connectivity index (χ2v) is 5.96. The fourth-order valence-corrected chi connectivity index (χ4v) is 3.40. The lowest BCUT2D eigenvalue weighted by Crippen LogP contribution is -2.29. The van der Waals surface area contributed by atoms with Crippen LogP contribution in [0.15, 0.2) is 15.2 Å². The summed E-state index contributed by atoms with van der Waals surface area (Å²) in [6.45, 7) is 2.49. The fraction of sp³-hybridized carbons (Fsp3) is 0.600. The Labute approximate surface area is 91.9 Å². The number of halogens is 1. The highest BCUT2D eigenvalue weighted by Gasteiger charge is 2.20. The molecule has 13 heavy (non-hydrogen) atoms. The SMILES string of the molecule is CN1CCC(c2ccsc2Br)CC1. The molecule has 3 heteroatoms. The van der Waals surface area contributed by atoms with E-state index in [-0.39, 0.29) is 0 Å². The molecule has 1 aliphatic rings. The second kappa shape index (κ2) is 4.11. The van der Waals surface area contributed by atoms with E-state index < -0.39 is 0 Å². The third-order valence-corrected chi connectivity index (χ3v) is 4.54. The second-order valence-electron chi connectivity index (χ2n) is 3.73. The van der Waals surface area contributed by atoms with Gasteiger partial charge in [-0.05, 0) is 71.8 Å². The molecule has 0 unspecified atom stereocenters. The standard InChI is InChI=1S/C10H14BrNS/c1-12-5-2-8(3-6-12)9-4-7-13-10(9)11/h4,7-8H,2-3,5-6H2,1H3. The van der Waals surface area contributed by atoms with Crippen molar-refractivity contribution >= 4 is 27.3 Å². The van der Waals surface area contributed by atoms with Gasteiger partial charge in [0, 0.05) is 0 Å². The number of piperidine rings is 1. The molecule has 0 N–H and O–H groups in total. The summed E-state index contributed by atoms with van der Waals surface area (Å²) < 4.78 is 1.34. The molecule has 72 valence electrons. The van der Waals surface area contributed by atoms with E-state index in [1.807, 2.05) is 0 Å². The fourth-order valence-electron chi connectivity index (χ4n) is 1.92. The summed E-state index contributed by atoms with van der Waals surface area (Å²) in [5, 5.41) is 2.18. The summed E-state index contributed by atoms with van der Waals surface area (Å²) in [7, 11) is 2.21. The Kier molecular flexibility index (Phi) is 3.06. The van der Waals surface area contributed by atoms with E-state index in [0.29, 0.717) is 0 Å². The predicted octanol–water partition coefficient (Wildman–Crippen LogP) is 3.32. The van der Waals surface area contributed by atoms with Crippen LogP contribution in [0.5, 0.6) is 0 Å². The Hall–Kier alpha value is 0.140. The third kappa shape index (κ3) is 2.14. The molecule has 0 aromatic carbocycles. The van der Waals surface area contributed by atoms with Crippen LogP contribution in [0.4, 0.5) is 0 Å². The average Bonchev–Trinajstić information content (AvgIpc) is 2.53. The average molecular weight is 260 g/mol. The Balaban J connectivity index is 2.06. The van der Waals surface area contributed by atoms with Crippen molar-refractivity contribution in [3.8, 4) is 0 Å². The van der Waals surface area contributed by atoms with Crippen LogP contribution in [0.3, 0.4) is 0 Å². The molecule has 1 aliphatic heterocycles. The molecule has 0 radical (unpaired) electrons. The van der Waals surface area contributed by atoms with Gasteiger partial charge in [0.2, 0.25) is 0 Å². The predicted molar refractivity (Wildman–Crippen MR) is 61.5 cm³/mol. The van der Waals surface area contributed by atoms with Gasteiger partial charge in [-0.1, -0.05) is 0 Å². The largest absolute Gasteiger partial charge is 0.306 e. The molecule has 1 aromatic heterocycles. The normalized spacial score (nSPS) is 20.8. The molecule has 0 atom stereocenters. The number of nitrogens with zero attached hydrogens (tertiary/aromatic N) is 1. The summed E-state index contributed by atoms with van der Waals surface area (Å²) in [5.41, 5.74) is 1.53. The van der Waals surface area contributed by atoms with E-state index in [9.17, 15) is 0 Å². The van der Waals surface area contributed by atoms with Gasteiger partial charge in [-0.25, -0.2) is 0 Å². The van der Waals surface area contributed by atoms with Gasteiger partial charge in [0.15, 0.2) is 0 Å². The lowest BCUT2D eigenvalue weighted by Gasteiger charge is -2.28. The van der Waals surface area contributed by atoms with Crippen LogP contribution in [0.25, 0.3) is 0 Å². The van der Waals surface area contributed by atoms with Crippen LogP contribution in [0.1, 0.15) is 24.3 Å². The van der Waals surface area contributed by atoms with E-state index in [2.05, 4.69) is 39.3 Å². The first-order valence-electron chi connectivity index (χ1n) is 4.69. The summed E-state index contributed by atoms with van der Waals surface area (Å²) in [5.74, 6) is 0.789. The van der Waals surface area contributed by atoms with Crippen molar-refractivity contribution in [2.45, 2.75) is 18.8 Å². The zero-order valence-electron chi connectivity index (χ0n) is 7.79. The van der Waals surface area contributed by atoms with Crippen LogP contribution >= 0.6 is 27.3 Å². The van der Waals surface area contributed by atoms with Gasteiger partial charge in [-0.15, -0.1) is 11.3 Å². The minimum absolute atomic E-state index is 0.789. The maximum atomic E-state index is 3.62. The van der Waals surface area contributed by atoms with Crippen molar-refractivity contribution < 1.29 is 0 Å².